The van der Waals surface area contributed by atoms with Crippen molar-refractivity contribution >= 4 is 17.5 Å². The molecular weight excluding hydrogens is 228 g/mol. The summed E-state index contributed by atoms with van der Waals surface area (Å²) in [6.07, 6.45) is 2.85. The highest BCUT2D eigenvalue weighted by Gasteiger charge is 2.17. The Hall–Kier alpha value is -2.64. The normalized spacial score (nSPS) is 10.4. The summed E-state index contributed by atoms with van der Waals surface area (Å²) >= 11 is 0. The number of carboxylic acid groups (broad SMARTS) is 1. The number of hydrogen-bond donors (Lipinski definition) is 3. The van der Waals surface area contributed by atoms with Gasteiger partial charge in [0.15, 0.2) is 5.65 Å². The maximum absolute atomic E-state index is 11.7. The summed E-state index contributed by atoms with van der Waals surface area (Å²) in [5.41, 5.74) is 0.0548. The predicted octanol–water partition coefficient (Wildman–Crippen LogP) is -0.751. The lowest BCUT2D eigenvalue weighted by Gasteiger charge is -2.05. The SMILES string of the molecule is O=C(O)CNC(=O)c1c(O)ccn2cnnc12. The molecule has 88 valence electrons. The molecule has 8 nitrogen and oxygen atoms in total. The van der Waals surface area contributed by atoms with E-state index in [1.807, 2.05) is 0 Å². The Morgan fingerprint density at radius 3 is 2.94 bits per heavy atom. The van der Waals surface area contributed by atoms with Crippen molar-refractivity contribution in [3.05, 3.63) is 24.2 Å². The van der Waals surface area contributed by atoms with E-state index in [0.717, 1.165) is 0 Å². The lowest BCUT2D eigenvalue weighted by molar-refractivity contribution is -0.135. The molecule has 0 unspecified atom stereocenters. The zero-order valence-electron chi connectivity index (χ0n) is 8.49. The topological polar surface area (TPSA) is 117 Å². The molecule has 0 saturated heterocycles. The van der Waals surface area contributed by atoms with Crippen LogP contribution in [0.5, 0.6) is 5.75 Å². The van der Waals surface area contributed by atoms with Crippen LogP contribution in [0.4, 0.5) is 0 Å². The Morgan fingerprint density at radius 2 is 2.24 bits per heavy atom. The number of rotatable bonds is 3. The number of aromatic nitrogens is 3. The van der Waals surface area contributed by atoms with E-state index in [1.165, 1.54) is 23.0 Å². The van der Waals surface area contributed by atoms with Gasteiger partial charge in [0, 0.05) is 6.20 Å². The molecule has 0 radical (unpaired) electrons. The molecule has 0 fully saturated rings. The molecule has 0 atom stereocenters. The molecule has 2 aromatic rings. The quantitative estimate of drug-likeness (QED) is 0.645. The van der Waals surface area contributed by atoms with Gasteiger partial charge < -0.3 is 15.5 Å². The first-order valence-electron chi connectivity index (χ1n) is 4.61. The van der Waals surface area contributed by atoms with E-state index in [9.17, 15) is 14.7 Å². The number of aromatic hydroxyl groups is 1. The maximum atomic E-state index is 11.7. The number of carbonyl (C=O) groups is 2. The minimum absolute atomic E-state index is 0.105. The van der Waals surface area contributed by atoms with Crippen LogP contribution < -0.4 is 5.32 Å². The maximum Gasteiger partial charge on any atom is 0.322 e. The van der Waals surface area contributed by atoms with Crippen LogP contribution in [0.3, 0.4) is 0 Å². The first-order valence-corrected chi connectivity index (χ1v) is 4.61. The third-order valence-electron chi connectivity index (χ3n) is 2.07. The van der Waals surface area contributed by atoms with E-state index in [1.54, 1.807) is 0 Å². The number of aliphatic carboxylic acids is 1. The van der Waals surface area contributed by atoms with E-state index in [2.05, 4.69) is 15.5 Å². The monoisotopic (exact) mass is 236 g/mol. The molecule has 0 aliphatic carbocycles. The molecule has 17 heavy (non-hydrogen) atoms. The molecule has 0 aromatic carbocycles. The number of hydrogen-bond acceptors (Lipinski definition) is 5. The minimum Gasteiger partial charge on any atom is -0.507 e. The van der Waals surface area contributed by atoms with Gasteiger partial charge in [0.25, 0.3) is 5.91 Å². The van der Waals surface area contributed by atoms with Crippen molar-refractivity contribution in [2.24, 2.45) is 0 Å². The van der Waals surface area contributed by atoms with E-state index < -0.39 is 18.4 Å². The van der Waals surface area contributed by atoms with Crippen molar-refractivity contribution in [2.75, 3.05) is 6.54 Å². The van der Waals surface area contributed by atoms with Crippen molar-refractivity contribution in [1.29, 1.82) is 0 Å². The van der Waals surface area contributed by atoms with Crippen LogP contribution >= 0.6 is 0 Å². The number of amides is 1. The fraction of sp³-hybridized carbons (Fsp3) is 0.111. The van der Waals surface area contributed by atoms with Crippen molar-refractivity contribution in [3.8, 4) is 5.75 Å². The number of carboxylic acids is 1. The summed E-state index contributed by atoms with van der Waals surface area (Å²) in [4.78, 5) is 22.0. The van der Waals surface area contributed by atoms with Crippen molar-refractivity contribution < 1.29 is 19.8 Å². The molecule has 8 heteroatoms. The summed E-state index contributed by atoms with van der Waals surface area (Å²) in [6, 6.07) is 1.30. The molecule has 2 aromatic heterocycles. The predicted molar refractivity (Wildman–Crippen MR) is 54.6 cm³/mol. The number of nitrogens with zero attached hydrogens (tertiary/aromatic N) is 3. The molecule has 0 aliphatic heterocycles. The summed E-state index contributed by atoms with van der Waals surface area (Å²) in [5, 5.41) is 27.4. The molecule has 0 spiro atoms. The van der Waals surface area contributed by atoms with Crippen LogP contribution in [0, 0.1) is 0 Å². The molecule has 3 N–H and O–H groups in total. The Labute approximate surface area is 94.5 Å². The first-order chi connectivity index (χ1) is 8.09. The highest BCUT2D eigenvalue weighted by molar-refractivity contribution is 6.03. The smallest absolute Gasteiger partial charge is 0.322 e. The summed E-state index contributed by atoms with van der Waals surface area (Å²) in [5.74, 6) is -2.18. The molecule has 0 aliphatic rings. The van der Waals surface area contributed by atoms with Crippen LogP contribution in [-0.4, -0.2) is 43.2 Å². The highest BCUT2D eigenvalue weighted by atomic mass is 16.4. The van der Waals surface area contributed by atoms with Gasteiger partial charge in [-0.2, -0.15) is 0 Å². The minimum atomic E-state index is -1.17. The zero-order valence-corrected chi connectivity index (χ0v) is 8.49. The summed E-state index contributed by atoms with van der Waals surface area (Å²) in [6.45, 7) is -0.534. The van der Waals surface area contributed by atoms with Crippen LogP contribution in [0.25, 0.3) is 5.65 Å². The molecule has 0 saturated carbocycles. The number of fused-ring (bicyclic) bond motifs is 1. The second-order valence-corrected chi connectivity index (χ2v) is 3.21. The van der Waals surface area contributed by atoms with Crippen LogP contribution in [-0.2, 0) is 4.79 Å². The van der Waals surface area contributed by atoms with Gasteiger partial charge in [0.2, 0.25) is 0 Å². The third kappa shape index (κ3) is 2.00. The average Bonchev–Trinajstić information content (AvgIpc) is 2.73. The van der Waals surface area contributed by atoms with Gasteiger partial charge in [-0.05, 0) is 6.07 Å². The van der Waals surface area contributed by atoms with E-state index in [0.29, 0.717) is 0 Å². The zero-order chi connectivity index (χ0) is 12.4. The number of nitrogens with one attached hydrogen (secondary N) is 1. The van der Waals surface area contributed by atoms with Gasteiger partial charge >= 0.3 is 5.97 Å². The van der Waals surface area contributed by atoms with Crippen molar-refractivity contribution in [3.63, 3.8) is 0 Å². The van der Waals surface area contributed by atoms with Gasteiger partial charge in [-0.25, -0.2) is 0 Å². The molecule has 2 rings (SSSR count). The Kier molecular flexibility index (Phi) is 2.61. The molecular formula is C9H8N4O4. The van der Waals surface area contributed by atoms with Gasteiger partial charge in [-0.15, -0.1) is 10.2 Å². The second-order valence-electron chi connectivity index (χ2n) is 3.21. The number of carbonyl (C=O) groups excluding carboxylic acids is 1. The summed E-state index contributed by atoms with van der Waals surface area (Å²) in [7, 11) is 0. The van der Waals surface area contributed by atoms with Crippen LogP contribution in [0.2, 0.25) is 0 Å². The van der Waals surface area contributed by atoms with Crippen molar-refractivity contribution in [2.45, 2.75) is 0 Å². The fourth-order valence-electron chi connectivity index (χ4n) is 1.34. The summed E-state index contributed by atoms with van der Waals surface area (Å²) < 4.78 is 1.44. The van der Waals surface area contributed by atoms with E-state index >= 15 is 0 Å². The second kappa shape index (κ2) is 4.08. The average molecular weight is 236 g/mol. The lowest BCUT2D eigenvalue weighted by atomic mass is 10.2. The van der Waals surface area contributed by atoms with Crippen molar-refractivity contribution in [1.82, 2.24) is 19.9 Å². The Bertz CT molecular complexity index is 592. The Balaban J connectivity index is 2.39. The lowest BCUT2D eigenvalue weighted by Crippen LogP contribution is -2.29. The molecule has 0 bridgehead atoms. The highest BCUT2D eigenvalue weighted by Crippen LogP contribution is 2.19. The standard InChI is InChI=1S/C9H8N4O4/c14-5-1-2-13-4-11-12-8(13)7(5)9(17)10-3-6(15)16/h1-2,4,14H,3H2,(H,10,17)(H,15,16). The fourth-order valence-corrected chi connectivity index (χ4v) is 1.34. The largest absolute Gasteiger partial charge is 0.507 e. The number of pyridine rings is 1. The van der Waals surface area contributed by atoms with Gasteiger partial charge in [0.1, 0.15) is 24.2 Å². The molecule has 2 heterocycles. The Morgan fingerprint density at radius 1 is 1.47 bits per heavy atom. The van der Waals surface area contributed by atoms with Gasteiger partial charge in [-0.1, -0.05) is 0 Å². The van der Waals surface area contributed by atoms with E-state index in [-0.39, 0.29) is 17.0 Å². The van der Waals surface area contributed by atoms with Crippen LogP contribution in [0.15, 0.2) is 18.6 Å². The first kappa shape index (κ1) is 10.9. The van der Waals surface area contributed by atoms with Crippen LogP contribution in [0.1, 0.15) is 10.4 Å². The van der Waals surface area contributed by atoms with E-state index in [4.69, 9.17) is 5.11 Å². The molecule has 1 amide bonds. The third-order valence-corrected chi connectivity index (χ3v) is 2.07. The van der Waals surface area contributed by atoms with Gasteiger partial charge in [-0.3, -0.25) is 14.0 Å². The van der Waals surface area contributed by atoms with Gasteiger partial charge in [0.05, 0.1) is 0 Å².